The lowest BCUT2D eigenvalue weighted by atomic mass is 10.1. The molecule has 0 radical (unpaired) electrons. The molecule has 2 aromatic rings. The first-order chi connectivity index (χ1) is 10.1. The highest BCUT2D eigenvalue weighted by atomic mass is 79.9. The Hall–Kier alpha value is -2.06. The molecule has 0 fully saturated rings. The van der Waals surface area contributed by atoms with Crippen molar-refractivity contribution in [3.05, 3.63) is 58.0 Å². The molecule has 0 aliphatic heterocycles. The van der Waals surface area contributed by atoms with Crippen LogP contribution in [0.15, 0.2) is 45.5 Å². The number of nitrogens with zero attached hydrogens (tertiary/aromatic N) is 2. The number of carbonyl (C=O) groups is 1. The van der Waals surface area contributed by atoms with Crippen LogP contribution in [0.1, 0.15) is 28.1 Å². The molecule has 5 heteroatoms. The Morgan fingerprint density at radius 3 is 2.90 bits per heavy atom. The highest BCUT2D eigenvalue weighted by Crippen LogP contribution is 2.21. The van der Waals surface area contributed by atoms with Crippen LogP contribution in [0.4, 0.5) is 0 Å². The van der Waals surface area contributed by atoms with Crippen molar-refractivity contribution in [2.45, 2.75) is 19.9 Å². The van der Waals surface area contributed by atoms with Crippen molar-refractivity contribution in [2.24, 2.45) is 0 Å². The van der Waals surface area contributed by atoms with Crippen molar-refractivity contribution in [3.8, 4) is 6.07 Å². The van der Waals surface area contributed by atoms with Gasteiger partial charge >= 0.3 is 0 Å². The highest BCUT2D eigenvalue weighted by Gasteiger charge is 2.19. The van der Waals surface area contributed by atoms with E-state index in [4.69, 9.17) is 9.68 Å². The van der Waals surface area contributed by atoms with Crippen molar-refractivity contribution >= 4 is 21.8 Å². The summed E-state index contributed by atoms with van der Waals surface area (Å²) in [5, 5.41) is 8.77. The van der Waals surface area contributed by atoms with Crippen molar-refractivity contribution in [2.75, 3.05) is 6.54 Å². The van der Waals surface area contributed by atoms with E-state index in [1.54, 1.807) is 17.2 Å². The first-order valence-corrected chi connectivity index (χ1v) is 7.36. The summed E-state index contributed by atoms with van der Waals surface area (Å²) in [6.07, 6.45) is 1.86. The second kappa shape index (κ2) is 7.09. The van der Waals surface area contributed by atoms with Gasteiger partial charge in [0.05, 0.1) is 30.9 Å². The van der Waals surface area contributed by atoms with E-state index in [2.05, 4.69) is 22.0 Å². The van der Waals surface area contributed by atoms with E-state index in [9.17, 15) is 4.79 Å². The summed E-state index contributed by atoms with van der Waals surface area (Å²) in [5.41, 5.74) is 1.61. The summed E-state index contributed by atoms with van der Waals surface area (Å²) in [5.74, 6) is 0.585. The summed E-state index contributed by atoms with van der Waals surface area (Å²) in [7, 11) is 0. The molecule has 21 heavy (non-hydrogen) atoms. The molecule has 4 nitrogen and oxygen atoms in total. The third-order valence-electron chi connectivity index (χ3n) is 3.06. The van der Waals surface area contributed by atoms with Gasteiger partial charge in [-0.2, -0.15) is 5.26 Å². The van der Waals surface area contributed by atoms with Crippen LogP contribution in [0.3, 0.4) is 0 Å². The van der Waals surface area contributed by atoms with Gasteiger partial charge in [0.2, 0.25) is 0 Å². The van der Waals surface area contributed by atoms with E-state index in [1.165, 1.54) is 0 Å². The minimum absolute atomic E-state index is 0.114. The molecular formula is C16H15BrN2O2. The molecule has 0 N–H and O–H groups in total. The number of nitriles is 1. The third kappa shape index (κ3) is 3.96. The van der Waals surface area contributed by atoms with E-state index < -0.39 is 0 Å². The van der Waals surface area contributed by atoms with Gasteiger partial charge in [-0.15, -0.1) is 0 Å². The third-order valence-corrected chi connectivity index (χ3v) is 3.75. The number of rotatable bonds is 5. The first-order valence-electron chi connectivity index (χ1n) is 6.56. The van der Waals surface area contributed by atoms with Gasteiger partial charge < -0.3 is 9.32 Å². The van der Waals surface area contributed by atoms with Gasteiger partial charge in [0, 0.05) is 11.0 Å². The Bertz CT molecular complexity index is 659. The fourth-order valence-corrected chi connectivity index (χ4v) is 2.42. The monoisotopic (exact) mass is 346 g/mol. The number of furan rings is 1. The van der Waals surface area contributed by atoms with Gasteiger partial charge in [0.15, 0.2) is 0 Å². The molecule has 2 rings (SSSR count). The molecule has 1 aromatic heterocycles. The second-order valence-electron chi connectivity index (χ2n) is 4.70. The number of amides is 1. The molecule has 0 spiro atoms. The lowest BCUT2D eigenvalue weighted by molar-refractivity contribution is 0.0734. The zero-order valence-corrected chi connectivity index (χ0v) is 13.3. The lowest BCUT2D eigenvalue weighted by Gasteiger charge is -2.21. The minimum Gasteiger partial charge on any atom is -0.467 e. The Balaban J connectivity index is 2.24. The molecule has 0 bridgehead atoms. The van der Waals surface area contributed by atoms with E-state index in [0.29, 0.717) is 24.4 Å². The number of aryl methyl sites for hydroxylation is 1. The normalized spacial score (nSPS) is 10.1. The van der Waals surface area contributed by atoms with Gasteiger partial charge in [-0.3, -0.25) is 4.79 Å². The number of hydrogen-bond donors (Lipinski definition) is 0. The van der Waals surface area contributed by atoms with E-state index >= 15 is 0 Å². The lowest BCUT2D eigenvalue weighted by Crippen LogP contribution is -2.31. The van der Waals surface area contributed by atoms with Gasteiger partial charge in [0.1, 0.15) is 5.76 Å². The molecule has 0 saturated heterocycles. The standard InChI is InChI=1S/C16H15BrN2O2/c1-12-5-6-15(17)14(10-12)16(20)19(8-3-7-18)11-13-4-2-9-21-13/h2,4-6,9-10H,3,8,11H2,1H3. The molecule has 1 aromatic carbocycles. The smallest absolute Gasteiger partial charge is 0.255 e. The van der Waals surface area contributed by atoms with E-state index in [0.717, 1.165) is 10.0 Å². The highest BCUT2D eigenvalue weighted by molar-refractivity contribution is 9.10. The predicted molar refractivity (Wildman–Crippen MR) is 82.6 cm³/mol. The minimum atomic E-state index is -0.114. The number of benzene rings is 1. The Morgan fingerprint density at radius 1 is 1.43 bits per heavy atom. The second-order valence-corrected chi connectivity index (χ2v) is 5.55. The largest absolute Gasteiger partial charge is 0.467 e. The van der Waals surface area contributed by atoms with Crippen LogP contribution in [0.2, 0.25) is 0 Å². The summed E-state index contributed by atoms with van der Waals surface area (Å²) >= 11 is 3.41. The molecular weight excluding hydrogens is 332 g/mol. The maximum Gasteiger partial charge on any atom is 0.255 e. The van der Waals surface area contributed by atoms with Crippen LogP contribution in [0.5, 0.6) is 0 Å². The molecule has 1 amide bonds. The van der Waals surface area contributed by atoms with Gasteiger partial charge in [-0.1, -0.05) is 11.6 Å². The average molecular weight is 347 g/mol. The molecule has 108 valence electrons. The number of halogens is 1. The van der Waals surface area contributed by atoms with Crippen molar-refractivity contribution in [3.63, 3.8) is 0 Å². The van der Waals surface area contributed by atoms with Crippen LogP contribution >= 0.6 is 15.9 Å². The zero-order chi connectivity index (χ0) is 15.2. The molecule has 0 unspecified atom stereocenters. The fraction of sp³-hybridized carbons (Fsp3) is 0.250. The molecule has 0 aliphatic rings. The van der Waals surface area contributed by atoms with Gasteiger partial charge in [-0.05, 0) is 47.1 Å². The molecule has 1 heterocycles. The van der Waals surface area contributed by atoms with Crippen LogP contribution < -0.4 is 0 Å². The first kappa shape index (κ1) is 15.3. The Kier molecular flexibility index (Phi) is 5.18. The van der Waals surface area contributed by atoms with E-state index in [-0.39, 0.29) is 12.3 Å². The fourth-order valence-electron chi connectivity index (χ4n) is 2.00. The van der Waals surface area contributed by atoms with Crippen LogP contribution in [-0.4, -0.2) is 17.4 Å². The average Bonchev–Trinajstić information content (AvgIpc) is 2.98. The zero-order valence-electron chi connectivity index (χ0n) is 11.7. The molecule has 0 atom stereocenters. The summed E-state index contributed by atoms with van der Waals surface area (Å²) < 4.78 is 6.04. The van der Waals surface area contributed by atoms with Crippen molar-refractivity contribution in [1.29, 1.82) is 5.26 Å². The van der Waals surface area contributed by atoms with Crippen LogP contribution in [0.25, 0.3) is 0 Å². The Morgan fingerprint density at radius 2 is 2.24 bits per heavy atom. The number of carbonyl (C=O) groups excluding carboxylic acids is 1. The predicted octanol–water partition coefficient (Wildman–Crippen LogP) is 3.91. The molecule has 0 saturated carbocycles. The van der Waals surface area contributed by atoms with Crippen LogP contribution in [0, 0.1) is 18.3 Å². The van der Waals surface area contributed by atoms with Gasteiger partial charge in [0.25, 0.3) is 5.91 Å². The van der Waals surface area contributed by atoms with Crippen LogP contribution in [-0.2, 0) is 6.54 Å². The maximum absolute atomic E-state index is 12.7. The molecule has 0 aliphatic carbocycles. The summed E-state index contributed by atoms with van der Waals surface area (Å²) in [4.78, 5) is 14.3. The van der Waals surface area contributed by atoms with Crippen molar-refractivity contribution < 1.29 is 9.21 Å². The summed E-state index contributed by atoms with van der Waals surface area (Å²) in [6.45, 7) is 2.67. The topological polar surface area (TPSA) is 57.2 Å². The van der Waals surface area contributed by atoms with Gasteiger partial charge in [-0.25, -0.2) is 0 Å². The summed E-state index contributed by atoms with van der Waals surface area (Å²) in [6, 6.07) is 11.3. The van der Waals surface area contributed by atoms with Crippen molar-refractivity contribution in [1.82, 2.24) is 4.90 Å². The van der Waals surface area contributed by atoms with E-state index in [1.807, 2.05) is 31.2 Å². The Labute approximate surface area is 132 Å². The quantitative estimate of drug-likeness (QED) is 0.824. The SMILES string of the molecule is Cc1ccc(Br)c(C(=O)N(CCC#N)Cc2ccco2)c1. The maximum atomic E-state index is 12.7. The number of hydrogen-bond acceptors (Lipinski definition) is 3.